The molecule has 0 amide bonds. The predicted octanol–water partition coefficient (Wildman–Crippen LogP) is 2.39. The summed E-state index contributed by atoms with van der Waals surface area (Å²) in [6.45, 7) is 7.66. The van der Waals surface area contributed by atoms with Gasteiger partial charge in [0.05, 0.1) is 0 Å². The van der Waals surface area contributed by atoms with Crippen LogP contribution in [-0.2, 0) is 13.0 Å². The molecule has 0 aliphatic carbocycles. The van der Waals surface area contributed by atoms with Crippen LogP contribution in [-0.4, -0.2) is 13.1 Å². The Morgan fingerprint density at radius 3 is 3.12 bits per heavy atom. The van der Waals surface area contributed by atoms with Crippen molar-refractivity contribution in [1.29, 1.82) is 0 Å². The molecule has 0 spiro atoms. The van der Waals surface area contributed by atoms with Crippen LogP contribution in [0.4, 0.5) is 0 Å². The van der Waals surface area contributed by atoms with Crippen molar-refractivity contribution in [3.8, 4) is 0 Å². The minimum absolute atomic E-state index is 0.515. The van der Waals surface area contributed by atoms with Crippen molar-refractivity contribution in [3.05, 3.63) is 34.9 Å². The Labute approximate surface area is 98.4 Å². The fourth-order valence-corrected chi connectivity index (χ4v) is 2.35. The van der Waals surface area contributed by atoms with Gasteiger partial charge >= 0.3 is 0 Å². The minimum atomic E-state index is 0.515. The number of nitrogens with one attached hydrogen (secondary N) is 2. The van der Waals surface area contributed by atoms with E-state index in [-0.39, 0.29) is 0 Å². The zero-order chi connectivity index (χ0) is 11.4. The van der Waals surface area contributed by atoms with Gasteiger partial charge in [-0.05, 0) is 49.5 Å². The first-order valence-electron chi connectivity index (χ1n) is 6.37. The lowest BCUT2D eigenvalue weighted by Gasteiger charge is -2.24. The summed E-state index contributed by atoms with van der Waals surface area (Å²) in [5.74, 6) is 0. The third-order valence-corrected chi connectivity index (χ3v) is 3.27. The van der Waals surface area contributed by atoms with Crippen LogP contribution in [0.5, 0.6) is 0 Å². The normalized spacial score (nSPS) is 19.5. The summed E-state index contributed by atoms with van der Waals surface area (Å²) in [6.07, 6.45) is 2.37. The molecule has 2 rings (SSSR count). The van der Waals surface area contributed by atoms with Crippen LogP contribution in [0, 0.1) is 0 Å². The molecule has 1 aromatic carbocycles. The minimum Gasteiger partial charge on any atom is -0.313 e. The van der Waals surface area contributed by atoms with Crippen LogP contribution in [0.3, 0.4) is 0 Å². The summed E-state index contributed by atoms with van der Waals surface area (Å²) in [6, 6.07) is 7.43. The monoisotopic (exact) mass is 218 g/mol. The Morgan fingerprint density at radius 2 is 2.31 bits per heavy atom. The highest BCUT2D eigenvalue weighted by atomic mass is 14.9. The van der Waals surface area contributed by atoms with Crippen LogP contribution >= 0.6 is 0 Å². The Kier molecular flexibility index (Phi) is 3.97. The van der Waals surface area contributed by atoms with E-state index in [1.165, 1.54) is 29.5 Å². The van der Waals surface area contributed by atoms with Gasteiger partial charge in [-0.15, -0.1) is 0 Å². The van der Waals surface area contributed by atoms with Crippen LogP contribution in [0.25, 0.3) is 0 Å². The molecule has 2 nitrogen and oxygen atoms in total. The van der Waals surface area contributed by atoms with Crippen molar-refractivity contribution in [2.75, 3.05) is 13.1 Å². The van der Waals surface area contributed by atoms with Crippen molar-refractivity contribution >= 4 is 0 Å². The summed E-state index contributed by atoms with van der Waals surface area (Å²) < 4.78 is 0. The average Bonchev–Trinajstić information content (AvgIpc) is 2.30. The molecular weight excluding hydrogens is 196 g/mol. The van der Waals surface area contributed by atoms with Crippen LogP contribution < -0.4 is 10.6 Å². The second kappa shape index (κ2) is 5.46. The molecule has 0 fully saturated rings. The van der Waals surface area contributed by atoms with E-state index in [4.69, 9.17) is 0 Å². The number of benzene rings is 1. The molecule has 0 saturated heterocycles. The summed E-state index contributed by atoms with van der Waals surface area (Å²) in [7, 11) is 0. The molecule has 0 bridgehead atoms. The predicted molar refractivity (Wildman–Crippen MR) is 68.6 cm³/mol. The quantitative estimate of drug-likeness (QED) is 0.758. The van der Waals surface area contributed by atoms with Crippen LogP contribution in [0.15, 0.2) is 18.2 Å². The molecule has 0 saturated carbocycles. The van der Waals surface area contributed by atoms with Gasteiger partial charge in [0.25, 0.3) is 0 Å². The molecule has 1 atom stereocenters. The third kappa shape index (κ3) is 2.63. The Balaban J connectivity index is 2.06. The maximum Gasteiger partial charge on any atom is 0.0294 e. The highest BCUT2D eigenvalue weighted by Crippen LogP contribution is 2.23. The van der Waals surface area contributed by atoms with Crippen molar-refractivity contribution in [2.45, 2.75) is 39.3 Å². The summed E-state index contributed by atoms with van der Waals surface area (Å²) in [5, 5.41) is 6.95. The van der Waals surface area contributed by atoms with E-state index in [9.17, 15) is 0 Å². The lowest BCUT2D eigenvalue weighted by molar-refractivity contribution is 0.540. The van der Waals surface area contributed by atoms with Gasteiger partial charge in [-0.3, -0.25) is 0 Å². The SMILES string of the molecule is CCCNCc1ccc2c(c1)CCNC2C. The summed E-state index contributed by atoms with van der Waals surface area (Å²) in [4.78, 5) is 0. The van der Waals surface area contributed by atoms with E-state index >= 15 is 0 Å². The Bertz CT molecular complexity index is 347. The van der Waals surface area contributed by atoms with Crippen molar-refractivity contribution < 1.29 is 0 Å². The molecule has 16 heavy (non-hydrogen) atoms. The standard InChI is InChI=1S/C14H22N2/c1-3-7-15-10-12-4-5-14-11(2)16-8-6-13(14)9-12/h4-5,9,11,15-16H,3,6-8,10H2,1-2H3. The topological polar surface area (TPSA) is 24.1 Å². The zero-order valence-electron chi connectivity index (χ0n) is 10.3. The molecule has 0 radical (unpaired) electrons. The lowest BCUT2D eigenvalue weighted by atomic mass is 9.93. The summed E-state index contributed by atoms with van der Waals surface area (Å²) >= 11 is 0. The summed E-state index contributed by atoms with van der Waals surface area (Å²) in [5.41, 5.74) is 4.42. The average molecular weight is 218 g/mol. The highest BCUT2D eigenvalue weighted by Gasteiger charge is 2.15. The molecule has 1 unspecified atom stereocenters. The largest absolute Gasteiger partial charge is 0.313 e. The van der Waals surface area contributed by atoms with E-state index in [0.717, 1.165) is 19.6 Å². The molecule has 0 aromatic heterocycles. The molecule has 1 aliphatic heterocycles. The van der Waals surface area contributed by atoms with Gasteiger partial charge in [-0.2, -0.15) is 0 Å². The zero-order valence-corrected chi connectivity index (χ0v) is 10.3. The van der Waals surface area contributed by atoms with E-state index in [1.807, 2.05) is 0 Å². The van der Waals surface area contributed by atoms with Crippen molar-refractivity contribution in [2.24, 2.45) is 0 Å². The second-order valence-corrected chi connectivity index (χ2v) is 4.64. The van der Waals surface area contributed by atoms with E-state index in [0.29, 0.717) is 6.04 Å². The van der Waals surface area contributed by atoms with Gasteiger partial charge in [0, 0.05) is 12.6 Å². The first-order chi connectivity index (χ1) is 7.81. The molecule has 2 heteroatoms. The van der Waals surface area contributed by atoms with Gasteiger partial charge in [0.1, 0.15) is 0 Å². The molecule has 2 N–H and O–H groups in total. The molecule has 88 valence electrons. The number of hydrogen-bond acceptors (Lipinski definition) is 2. The Morgan fingerprint density at radius 1 is 1.44 bits per heavy atom. The molecule has 1 aliphatic rings. The molecule has 1 aromatic rings. The number of rotatable bonds is 4. The number of hydrogen-bond donors (Lipinski definition) is 2. The van der Waals surface area contributed by atoms with Crippen LogP contribution in [0.1, 0.15) is 43.0 Å². The first-order valence-corrected chi connectivity index (χ1v) is 6.37. The first kappa shape index (κ1) is 11.6. The van der Waals surface area contributed by atoms with Gasteiger partial charge in [-0.1, -0.05) is 25.1 Å². The Hall–Kier alpha value is -0.860. The fourth-order valence-electron chi connectivity index (χ4n) is 2.35. The van der Waals surface area contributed by atoms with Crippen molar-refractivity contribution in [3.63, 3.8) is 0 Å². The van der Waals surface area contributed by atoms with E-state index < -0.39 is 0 Å². The van der Waals surface area contributed by atoms with Crippen molar-refractivity contribution in [1.82, 2.24) is 10.6 Å². The number of fused-ring (bicyclic) bond motifs is 1. The lowest BCUT2D eigenvalue weighted by Crippen LogP contribution is -2.28. The molecular formula is C14H22N2. The maximum atomic E-state index is 3.49. The second-order valence-electron chi connectivity index (χ2n) is 4.64. The third-order valence-electron chi connectivity index (χ3n) is 3.27. The van der Waals surface area contributed by atoms with Gasteiger partial charge < -0.3 is 10.6 Å². The maximum absolute atomic E-state index is 3.49. The van der Waals surface area contributed by atoms with Gasteiger partial charge in [0.2, 0.25) is 0 Å². The smallest absolute Gasteiger partial charge is 0.0294 e. The van der Waals surface area contributed by atoms with Gasteiger partial charge in [0.15, 0.2) is 0 Å². The van der Waals surface area contributed by atoms with E-state index in [2.05, 4.69) is 42.7 Å². The van der Waals surface area contributed by atoms with Gasteiger partial charge in [-0.25, -0.2) is 0 Å². The fraction of sp³-hybridized carbons (Fsp3) is 0.571. The highest BCUT2D eigenvalue weighted by molar-refractivity contribution is 5.35. The van der Waals surface area contributed by atoms with E-state index in [1.54, 1.807) is 0 Å². The van der Waals surface area contributed by atoms with Crippen LogP contribution in [0.2, 0.25) is 0 Å². The molecule has 1 heterocycles.